The monoisotopic (exact) mass is 435 g/mol. The highest BCUT2D eigenvalue weighted by Crippen LogP contribution is 2.40. The maximum Gasteiger partial charge on any atom is 0.410 e. The topological polar surface area (TPSA) is 59.0 Å². The number of aliphatic hydroxyl groups is 1. The van der Waals surface area contributed by atoms with Crippen molar-refractivity contribution in [2.75, 3.05) is 13.1 Å². The van der Waals surface area contributed by atoms with Crippen LogP contribution in [-0.4, -0.2) is 49.2 Å². The third-order valence-electron chi connectivity index (χ3n) is 6.31. The van der Waals surface area contributed by atoms with Gasteiger partial charge in [0.1, 0.15) is 5.60 Å². The Balaban J connectivity index is 2.18. The number of benzene rings is 1. The lowest BCUT2D eigenvalue weighted by Gasteiger charge is -2.46. The molecule has 1 aromatic rings. The second-order valence-corrected chi connectivity index (χ2v) is 15.8. The molecule has 3 unspecified atom stereocenters. The fraction of sp³-hybridized carbons (Fsp3) is 0.708. The summed E-state index contributed by atoms with van der Waals surface area (Å²) >= 11 is 0. The second-order valence-electron chi connectivity index (χ2n) is 11.1. The minimum Gasteiger partial charge on any atom is -0.444 e. The molecular formula is C24H41NO4Si. The van der Waals surface area contributed by atoms with Crippen LogP contribution in [0.1, 0.15) is 66.1 Å². The Bertz CT molecular complexity index is 693. The largest absolute Gasteiger partial charge is 0.444 e. The van der Waals surface area contributed by atoms with Crippen LogP contribution in [0.3, 0.4) is 0 Å². The predicted molar refractivity (Wildman–Crippen MR) is 124 cm³/mol. The SMILES string of the molecule is CC(C)(C)OC(=O)N1CCC(CC(O)c2ccccc2)C(O[Si](C)(C)C(C)(C)C)C1. The number of ether oxygens (including phenoxy) is 1. The Morgan fingerprint density at radius 1 is 1.17 bits per heavy atom. The van der Waals surface area contributed by atoms with Crippen LogP contribution in [0.4, 0.5) is 4.79 Å². The van der Waals surface area contributed by atoms with Crippen molar-refractivity contribution < 1.29 is 19.1 Å². The van der Waals surface area contributed by atoms with Gasteiger partial charge in [-0.25, -0.2) is 4.79 Å². The molecule has 0 saturated carbocycles. The third-order valence-corrected chi connectivity index (χ3v) is 10.8. The van der Waals surface area contributed by atoms with Crippen LogP contribution in [0.15, 0.2) is 30.3 Å². The van der Waals surface area contributed by atoms with E-state index in [1.165, 1.54) is 0 Å². The standard InChI is InChI=1S/C24H41NO4Si/c1-23(2,3)28-22(27)25-15-14-19(16-20(26)18-12-10-9-11-13-18)21(17-25)29-30(7,8)24(4,5)6/h9-13,19-21,26H,14-17H2,1-8H3. The Kier molecular flexibility index (Phi) is 7.81. The van der Waals surface area contributed by atoms with E-state index >= 15 is 0 Å². The van der Waals surface area contributed by atoms with Crippen LogP contribution in [0.5, 0.6) is 0 Å². The van der Waals surface area contributed by atoms with E-state index in [2.05, 4.69) is 33.9 Å². The summed E-state index contributed by atoms with van der Waals surface area (Å²) in [6, 6.07) is 9.79. The summed E-state index contributed by atoms with van der Waals surface area (Å²) in [4.78, 5) is 14.5. The molecule has 1 amide bonds. The van der Waals surface area contributed by atoms with Gasteiger partial charge in [0.15, 0.2) is 8.32 Å². The van der Waals surface area contributed by atoms with Crippen LogP contribution in [0.25, 0.3) is 0 Å². The van der Waals surface area contributed by atoms with Gasteiger partial charge in [-0.1, -0.05) is 51.1 Å². The van der Waals surface area contributed by atoms with Crippen molar-refractivity contribution in [3.63, 3.8) is 0 Å². The number of hydrogen-bond acceptors (Lipinski definition) is 4. The Hall–Kier alpha value is -1.37. The first-order valence-electron chi connectivity index (χ1n) is 11.1. The van der Waals surface area contributed by atoms with E-state index in [4.69, 9.17) is 9.16 Å². The number of aliphatic hydroxyl groups excluding tert-OH is 1. The molecule has 3 atom stereocenters. The smallest absolute Gasteiger partial charge is 0.410 e. The first-order valence-corrected chi connectivity index (χ1v) is 14.0. The van der Waals surface area contributed by atoms with E-state index in [0.717, 1.165) is 12.0 Å². The molecule has 1 N–H and O–H groups in total. The van der Waals surface area contributed by atoms with E-state index in [-0.39, 0.29) is 23.2 Å². The average molecular weight is 436 g/mol. The van der Waals surface area contributed by atoms with Crippen molar-refractivity contribution >= 4 is 14.4 Å². The van der Waals surface area contributed by atoms with Gasteiger partial charge in [0.2, 0.25) is 0 Å². The van der Waals surface area contributed by atoms with Crippen LogP contribution in [-0.2, 0) is 9.16 Å². The molecule has 1 aliphatic heterocycles. The molecule has 0 bridgehead atoms. The number of amides is 1. The number of nitrogens with zero attached hydrogens (tertiary/aromatic N) is 1. The van der Waals surface area contributed by atoms with Crippen molar-refractivity contribution in [3.8, 4) is 0 Å². The molecule has 1 fully saturated rings. The molecule has 6 heteroatoms. The molecule has 0 spiro atoms. The van der Waals surface area contributed by atoms with E-state index in [1.807, 2.05) is 51.1 Å². The maximum absolute atomic E-state index is 12.7. The Morgan fingerprint density at radius 3 is 2.30 bits per heavy atom. The van der Waals surface area contributed by atoms with Gasteiger partial charge in [-0.15, -0.1) is 0 Å². The molecule has 2 rings (SSSR count). The summed E-state index contributed by atoms with van der Waals surface area (Å²) in [5.41, 5.74) is 0.408. The van der Waals surface area contributed by atoms with Crippen LogP contribution in [0, 0.1) is 5.92 Å². The van der Waals surface area contributed by atoms with Crippen LogP contribution in [0.2, 0.25) is 18.1 Å². The minimum absolute atomic E-state index is 0.0732. The molecule has 0 aliphatic carbocycles. The molecule has 1 heterocycles. The summed E-state index contributed by atoms with van der Waals surface area (Å²) in [5, 5.41) is 10.9. The van der Waals surface area contributed by atoms with Crippen molar-refractivity contribution in [1.82, 2.24) is 4.90 Å². The number of hydrogen-bond donors (Lipinski definition) is 1. The molecule has 1 saturated heterocycles. The highest BCUT2D eigenvalue weighted by atomic mass is 28.4. The fourth-order valence-corrected chi connectivity index (χ4v) is 4.89. The van der Waals surface area contributed by atoms with Gasteiger partial charge in [-0.05, 0) is 63.2 Å². The van der Waals surface area contributed by atoms with Gasteiger partial charge in [0.05, 0.1) is 12.2 Å². The quantitative estimate of drug-likeness (QED) is 0.598. The Morgan fingerprint density at radius 2 is 1.77 bits per heavy atom. The van der Waals surface area contributed by atoms with E-state index in [1.54, 1.807) is 4.90 Å². The molecule has 5 nitrogen and oxygen atoms in total. The van der Waals surface area contributed by atoms with E-state index in [9.17, 15) is 9.90 Å². The summed E-state index contributed by atoms with van der Waals surface area (Å²) in [6.45, 7) is 17.9. The van der Waals surface area contributed by atoms with Gasteiger partial charge in [-0.2, -0.15) is 0 Å². The van der Waals surface area contributed by atoms with Gasteiger partial charge in [0.25, 0.3) is 0 Å². The summed E-state index contributed by atoms with van der Waals surface area (Å²) in [7, 11) is -2.04. The molecule has 1 aromatic carbocycles. The van der Waals surface area contributed by atoms with Crippen LogP contribution >= 0.6 is 0 Å². The number of rotatable bonds is 5. The summed E-state index contributed by atoms with van der Waals surface area (Å²) in [6.07, 6.45) is 0.502. The van der Waals surface area contributed by atoms with Crippen molar-refractivity contribution in [2.24, 2.45) is 5.92 Å². The number of carbonyl (C=O) groups is 1. The van der Waals surface area contributed by atoms with E-state index in [0.29, 0.717) is 19.5 Å². The lowest BCUT2D eigenvalue weighted by atomic mass is 9.87. The molecule has 1 aliphatic rings. The van der Waals surface area contributed by atoms with Crippen molar-refractivity contribution in [3.05, 3.63) is 35.9 Å². The van der Waals surface area contributed by atoms with Gasteiger partial charge in [0, 0.05) is 13.1 Å². The van der Waals surface area contributed by atoms with Gasteiger partial charge in [-0.3, -0.25) is 0 Å². The van der Waals surface area contributed by atoms with E-state index < -0.39 is 20.0 Å². The van der Waals surface area contributed by atoms with Crippen molar-refractivity contribution in [1.29, 1.82) is 0 Å². The molecule has 0 radical (unpaired) electrons. The number of piperidine rings is 1. The molecule has 170 valence electrons. The first-order chi connectivity index (χ1) is 13.7. The summed E-state index contributed by atoms with van der Waals surface area (Å²) < 4.78 is 12.4. The lowest BCUT2D eigenvalue weighted by Crippen LogP contribution is -2.54. The number of likely N-dealkylation sites (tertiary alicyclic amines) is 1. The lowest BCUT2D eigenvalue weighted by molar-refractivity contribution is -0.0182. The zero-order chi connectivity index (χ0) is 22.7. The number of carbonyl (C=O) groups excluding carboxylic acids is 1. The van der Waals surface area contributed by atoms with Crippen LogP contribution < -0.4 is 0 Å². The highest BCUT2D eigenvalue weighted by molar-refractivity contribution is 6.74. The second kappa shape index (κ2) is 9.41. The predicted octanol–water partition coefficient (Wildman–Crippen LogP) is 5.76. The maximum atomic E-state index is 12.7. The first kappa shape index (κ1) is 24.9. The summed E-state index contributed by atoms with van der Waals surface area (Å²) in [5.74, 6) is 0.188. The molecular weight excluding hydrogens is 394 g/mol. The molecule has 0 aromatic heterocycles. The van der Waals surface area contributed by atoms with Crippen molar-refractivity contribution in [2.45, 2.75) is 90.3 Å². The average Bonchev–Trinajstić information content (AvgIpc) is 2.61. The molecule has 30 heavy (non-hydrogen) atoms. The highest BCUT2D eigenvalue weighted by Gasteiger charge is 2.43. The zero-order valence-electron chi connectivity index (χ0n) is 20.1. The van der Waals surface area contributed by atoms with Gasteiger partial charge >= 0.3 is 6.09 Å². The van der Waals surface area contributed by atoms with Gasteiger partial charge < -0.3 is 19.2 Å². The Labute approximate surface area is 183 Å². The fourth-order valence-electron chi connectivity index (χ4n) is 3.51. The third kappa shape index (κ3) is 6.82. The minimum atomic E-state index is -2.04. The zero-order valence-corrected chi connectivity index (χ0v) is 21.1. The normalized spacial score (nSPS) is 22.0.